The number of hydrogen-bond acceptors (Lipinski definition) is 6. The van der Waals surface area contributed by atoms with Crippen molar-refractivity contribution >= 4 is 56.1 Å². The van der Waals surface area contributed by atoms with E-state index in [4.69, 9.17) is 14.6 Å². The number of esters is 2. The van der Waals surface area contributed by atoms with Gasteiger partial charge in [-0.25, -0.2) is 0 Å². The van der Waals surface area contributed by atoms with E-state index in [1.165, 1.54) is 0 Å². The van der Waals surface area contributed by atoms with Crippen LogP contribution in [0.2, 0.25) is 0 Å². The Kier molecular flexibility index (Phi) is 12.3. The van der Waals surface area contributed by atoms with E-state index in [1.807, 2.05) is 6.92 Å². The lowest BCUT2D eigenvalue weighted by Crippen LogP contribution is -2.34. The lowest BCUT2D eigenvalue weighted by molar-refractivity contribution is -0.162. The van der Waals surface area contributed by atoms with Gasteiger partial charge in [-0.1, -0.05) is 38.8 Å². The summed E-state index contributed by atoms with van der Waals surface area (Å²) < 4.78 is 10.9. The highest BCUT2D eigenvalue weighted by Crippen LogP contribution is 2.29. The second-order valence-corrected chi connectivity index (χ2v) is 10.6. The van der Waals surface area contributed by atoms with Crippen molar-refractivity contribution in [3.63, 3.8) is 0 Å². The van der Waals surface area contributed by atoms with Crippen molar-refractivity contribution in [2.24, 2.45) is 10.8 Å². The SMILES string of the molecule is CCC(CCCOC(=O)C(C)(C)CC(Br)C=O)OC(=O)C(C)(C)CC(Br)C(=O)O. The average molecular weight is 544 g/mol. The van der Waals surface area contributed by atoms with Gasteiger partial charge in [-0.2, -0.15) is 0 Å². The first kappa shape index (κ1) is 28.0. The van der Waals surface area contributed by atoms with Crippen LogP contribution in [0.25, 0.3) is 0 Å². The van der Waals surface area contributed by atoms with Gasteiger partial charge in [0.2, 0.25) is 0 Å². The maximum absolute atomic E-state index is 12.4. The molecule has 0 aromatic heterocycles. The monoisotopic (exact) mass is 542 g/mol. The lowest BCUT2D eigenvalue weighted by Gasteiger charge is -2.27. The molecule has 0 heterocycles. The van der Waals surface area contributed by atoms with E-state index >= 15 is 0 Å². The summed E-state index contributed by atoms with van der Waals surface area (Å²) in [6.07, 6.45) is 2.50. The van der Waals surface area contributed by atoms with Crippen LogP contribution in [0.15, 0.2) is 0 Å². The highest BCUT2D eigenvalue weighted by Gasteiger charge is 2.35. The van der Waals surface area contributed by atoms with E-state index in [0.717, 1.165) is 6.29 Å². The predicted molar refractivity (Wildman–Crippen MR) is 116 cm³/mol. The summed E-state index contributed by atoms with van der Waals surface area (Å²) >= 11 is 6.24. The summed E-state index contributed by atoms with van der Waals surface area (Å²) in [7, 11) is 0. The van der Waals surface area contributed by atoms with Crippen LogP contribution in [0.5, 0.6) is 0 Å². The molecular weight excluding hydrogens is 512 g/mol. The van der Waals surface area contributed by atoms with Crippen molar-refractivity contribution in [2.45, 2.75) is 82.5 Å². The molecule has 9 heteroatoms. The third-order valence-electron chi connectivity index (χ3n) is 4.55. The zero-order valence-corrected chi connectivity index (χ0v) is 20.9. The Morgan fingerprint density at radius 3 is 2.07 bits per heavy atom. The molecule has 0 aromatic carbocycles. The first-order valence-corrected chi connectivity index (χ1v) is 11.4. The first-order chi connectivity index (χ1) is 13.3. The molecule has 0 aliphatic carbocycles. The van der Waals surface area contributed by atoms with E-state index in [9.17, 15) is 19.2 Å². The minimum absolute atomic E-state index is 0.111. The molecule has 0 aliphatic rings. The number of carboxylic acid groups (broad SMARTS) is 1. The Labute approximate surface area is 189 Å². The molecule has 3 unspecified atom stereocenters. The van der Waals surface area contributed by atoms with Crippen molar-refractivity contribution in [3.8, 4) is 0 Å². The van der Waals surface area contributed by atoms with Crippen LogP contribution in [0.1, 0.15) is 66.7 Å². The zero-order valence-electron chi connectivity index (χ0n) is 17.7. The number of alkyl halides is 2. The zero-order chi connectivity index (χ0) is 22.8. The van der Waals surface area contributed by atoms with E-state index < -0.39 is 32.4 Å². The largest absolute Gasteiger partial charge is 0.480 e. The summed E-state index contributed by atoms with van der Waals surface area (Å²) in [6, 6.07) is 0. The molecule has 0 bridgehead atoms. The molecule has 0 radical (unpaired) electrons. The van der Waals surface area contributed by atoms with E-state index in [1.54, 1.807) is 27.7 Å². The molecule has 168 valence electrons. The van der Waals surface area contributed by atoms with Gasteiger partial charge in [0.05, 0.1) is 22.3 Å². The van der Waals surface area contributed by atoms with Crippen LogP contribution in [-0.4, -0.2) is 51.7 Å². The third-order valence-corrected chi connectivity index (χ3v) is 5.80. The summed E-state index contributed by atoms with van der Waals surface area (Å²) in [5.74, 6) is -1.86. The number of carbonyl (C=O) groups excluding carboxylic acids is 3. The van der Waals surface area contributed by atoms with Crippen molar-refractivity contribution in [3.05, 3.63) is 0 Å². The summed E-state index contributed by atoms with van der Waals surface area (Å²) in [6.45, 7) is 8.83. The number of ether oxygens (including phenoxy) is 2. The van der Waals surface area contributed by atoms with E-state index in [2.05, 4.69) is 31.9 Å². The van der Waals surface area contributed by atoms with Crippen LogP contribution in [0, 0.1) is 10.8 Å². The summed E-state index contributed by atoms with van der Waals surface area (Å²) in [5, 5.41) is 9.00. The highest BCUT2D eigenvalue weighted by molar-refractivity contribution is 9.10. The molecule has 0 fully saturated rings. The molecule has 29 heavy (non-hydrogen) atoms. The minimum atomic E-state index is -1.03. The van der Waals surface area contributed by atoms with Gasteiger partial charge in [-0.15, -0.1) is 0 Å². The molecular formula is C20H32Br2O7. The number of aldehydes is 1. The maximum atomic E-state index is 12.4. The van der Waals surface area contributed by atoms with Gasteiger partial charge in [0.15, 0.2) is 0 Å². The summed E-state index contributed by atoms with van der Waals surface area (Å²) in [4.78, 5) is 45.2. The standard InChI is InChI=1S/C20H32Br2O7/c1-6-14(29-18(27)20(4,5)11-15(22)16(24)25)8-7-9-28-17(26)19(2,3)10-13(21)12-23/h12-15H,6-11H2,1-5H3,(H,24,25). The molecule has 7 nitrogen and oxygen atoms in total. The van der Waals surface area contributed by atoms with Crippen molar-refractivity contribution in [2.75, 3.05) is 6.61 Å². The number of aliphatic carboxylic acids is 1. The van der Waals surface area contributed by atoms with Crippen molar-refractivity contribution in [1.82, 2.24) is 0 Å². The maximum Gasteiger partial charge on any atom is 0.317 e. The smallest absolute Gasteiger partial charge is 0.317 e. The third kappa shape index (κ3) is 10.6. The van der Waals surface area contributed by atoms with E-state index in [0.29, 0.717) is 25.7 Å². The van der Waals surface area contributed by atoms with Gasteiger partial charge in [0.25, 0.3) is 0 Å². The number of hydrogen-bond donors (Lipinski definition) is 1. The molecule has 0 aromatic rings. The first-order valence-electron chi connectivity index (χ1n) is 9.61. The highest BCUT2D eigenvalue weighted by atomic mass is 79.9. The Morgan fingerprint density at radius 2 is 1.59 bits per heavy atom. The molecule has 1 N–H and O–H groups in total. The molecule has 0 spiro atoms. The normalized spacial score (nSPS) is 15.1. The summed E-state index contributed by atoms with van der Waals surface area (Å²) in [5.41, 5.74) is -1.73. The lowest BCUT2D eigenvalue weighted by atomic mass is 9.88. The average Bonchev–Trinajstić information content (AvgIpc) is 2.62. The Bertz CT molecular complexity index is 575. The Hall–Kier alpha value is -0.960. The van der Waals surface area contributed by atoms with Gasteiger partial charge < -0.3 is 19.4 Å². The van der Waals surface area contributed by atoms with Crippen LogP contribution in [-0.2, 0) is 28.7 Å². The van der Waals surface area contributed by atoms with Gasteiger partial charge in [0.1, 0.15) is 17.2 Å². The fraction of sp³-hybridized carbons (Fsp3) is 0.800. The fourth-order valence-corrected chi connectivity index (χ4v) is 4.18. The number of carboxylic acids is 1. The molecule has 0 saturated carbocycles. The molecule has 0 aliphatic heterocycles. The van der Waals surface area contributed by atoms with E-state index in [-0.39, 0.29) is 25.1 Å². The number of carbonyl (C=O) groups is 4. The van der Waals surface area contributed by atoms with Crippen LogP contribution in [0.3, 0.4) is 0 Å². The van der Waals surface area contributed by atoms with Gasteiger partial charge in [0, 0.05) is 0 Å². The minimum Gasteiger partial charge on any atom is -0.480 e. The fourth-order valence-electron chi connectivity index (χ4n) is 2.57. The van der Waals surface area contributed by atoms with Crippen LogP contribution in [0.4, 0.5) is 0 Å². The number of rotatable bonds is 14. The van der Waals surface area contributed by atoms with Gasteiger partial charge in [-0.05, 0) is 59.8 Å². The quantitative estimate of drug-likeness (QED) is 0.151. The molecule has 3 atom stereocenters. The number of halogens is 2. The topological polar surface area (TPSA) is 107 Å². The van der Waals surface area contributed by atoms with Crippen molar-refractivity contribution < 1.29 is 33.8 Å². The Morgan fingerprint density at radius 1 is 1.03 bits per heavy atom. The van der Waals surface area contributed by atoms with Gasteiger partial charge >= 0.3 is 17.9 Å². The molecule has 0 saturated heterocycles. The second-order valence-electron chi connectivity index (χ2n) is 8.35. The van der Waals surface area contributed by atoms with Gasteiger partial charge in [-0.3, -0.25) is 14.4 Å². The van der Waals surface area contributed by atoms with Crippen LogP contribution >= 0.6 is 31.9 Å². The molecule has 0 rings (SSSR count). The molecule has 0 amide bonds. The predicted octanol–water partition coefficient (Wildman–Crippen LogP) is 4.27. The Balaban J connectivity index is 4.50. The second kappa shape index (κ2) is 12.7. The van der Waals surface area contributed by atoms with Crippen molar-refractivity contribution in [1.29, 1.82) is 0 Å². The van der Waals surface area contributed by atoms with Crippen LogP contribution < -0.4 is 0 Å².